The fraction of sp³-hybridized carbons (Fsp3) is 0.278. The van der Waals surface area contributed by atoms with Crippen molar-refractivity contribution >= 4 is 11.6 Å². The SMILES string of the molecule is O=C(Nc1ccc(F)c(F)c1)C1(c2ccccc2)CCCC1. The summed E-state index contributed by atoms with van der Waals surface area (Å²) in [5, 5.41) is 2.75. The van der Waals surface area contributed by atoms with Crippen LogP contribution in [-0.2, 0) is 10.2 Å². The van der Waals surface area contributed by atoms with E-state index in [1.165, 1.54) is 6.07 Å². The molecule has 0 spiro atoms. The van der Waals surface area contributed by atoms with Gasteiger partial charge < -0.3 is 5.32 Å². The third-order valence-corrected chi connectivity index (χ3v) is 4.40. The summed E-state index contributed by atoms with van der Waals surface area (Å²) in [6.07, 6.45) is 3.51. The molecule has 114 valence electrons. The Hall–Kier alpha value is -2.23. The smallest absolute Gasteiger partial charge is 0.235 e. The minimum Gasteiger partial charge on any atom is -0.325 e. The van der Waals surface area contributed by atoms with Crippen LogP contribution in [0.15, 0.2) is 48.5 Å². The van der Waals surface area contributed by atoms with Crippen molar-refractivity contribution in [1.82, 2.24) is 0 Å². The predicted octanol–water partition coefficient (Wildman–Crippen LogP) is 4.42. The lowest BCUT2D eigenvalue weighted by Gasteiger charge is -2.28. The number of anilines is 1. The van der Waals surface area contributed by atoms with Crippen LogP contribution in [0.5, 0.6) is 0 Å². The summed E-state index contributed by atoms with van der Waals surface area (Å²) in [6.45, 7) is 0. The van der Waals surface area contributed by atoms with Crippen molar-refractivity contribution < 1.29 is 13.6 Å². The molecule has 0 aromatic heterocycles. The van der Waals surface area contributed by atoms with E-state index in [4.69, 9.17) is 0 Å². The zero-order valence-electron chi connectivity index (χ0n) is 12.1. The Morgan fingerprint density at radius 2 is 1.64 bits per heavy atom. The Balaban J connectivity index is 1.89. The topological polar surface area (TPSA) is 29.1 Å². The van der Waals surface area contributed by atoms with Gasteiger partial charge in [-0.05, 0) is 30.5 Å². The maximum Gasteiger partial charge on any atom is 0.235 e. The highest BCUT2D eigenvalue weighted by molar-refractivity contribution is 5.99. The molecule has 4 heteroatoms. The van der Waals surface area contributed by atoms with Crippen molar-refractivity contribution in [3.63, 3.8) is 0 Å². The zero-order valence-corrected chi connectivity index (χ0v) is 12.1. The van der Waals surface area contributed by atoms with E-state index in [-0.39, 0.29) is 11.6 Å². The molecule has 3 rings (SSSR count). The summed E-state index contributed by atoms with van der Waals surface area (Å²) in [7, 11) is 0. The predicted molar refractivity (Wildman–Crippen MR) is 81.6 cm³/mol. The van der Waals surface area contributed by atoms with Crippen LogP contribution in [0.4, 0.5) is 14.5 Å². The Labute approximate surface area is 128 Å². The number of hydrogen-bond donors (Lipinski definition) is 1. The second-order valence-electron chi connectivity index (χ2n) is 5.74. The van der Waals surface area contributed by atoms with Gasteiger partial charge in [0.1, 0.15) is 0 Å². The summed E-state index contributed by atoms with van der Waals surface area (Å²) in [6, 6.07) is 13.1. The first kappa shape index (κ1) is 14.7. The fourth-order valence-electron chi connectivity index (χ4n) is 3.21. The molecule has 1 N–H and O–H groups in total. The maximum absolute atomic E-state index is 13.3. The summed E-state index contributed by atoms with van der Waals surface area (Å²) < 4.78 is 26.3. The molecule has 0 radical (unpaired) electrons. The molecule has 0 atom stereocenters. The van der Waals surface area contributed by atoms with Gasteiger partial charge in [-0.3, -0.25) is 4.79 Å². The summed E-state index contributed by atoms with van der Waals surface area (Å²) in [4.78, 5) is 12.8. The third-order valence-electron chi connectivity index (χ3n) is 4.40. The van der Waals surface area contributed by atoms with Gasteiger partial charge >= 0.3 is 0 Å². The normalized spacial score (nSPS) is 16.5. The number of amides is 1. The highest BCUT2D eigenvalue weighted by Gasteiger charge is 2.42. The van der Waals surface area contributed by atoms with Crippen LogP contribution < -0.4 is 5.32 Å². The van der Waals surface area contributed by atoms with E-state index in [9.17, 15) is 13.6 Å². The van der Waals surface area contributed by atoms with Gasteiger partial charge in [-0.25, -0.2) is 8.78 Å². The molecule has 2 aromatic carbocycles. The Morgan fingerprint density at radius 3 is 2.27 bits per heavy atom. The minimum atomic E-state index is -0.960. The standard InChI is InChI=1S/C18H17F2NO/c19-15-9-8-14(12-16(15)20)21-17(22)18(10-4-5-11-18)13-6-2-1-3-7-13/h1-3,6-9,12H,4-5,10-11H2,(H,21,22). The molecule has 1 fully saturated rings. The van der Waals surface area contributed by atoms with Crippen molar-refractivity contribution in [2.75, 3.05) is 5.32 Å². The first-order chi connectivity index (χ1) is 10.6. The molecule has 1 amide bonds. The molecule has 0 heterocycles. The van der Waals surface area contributed by atoms with Gasteiger partial charge in [-0.15, -0.1) is 0 Å². The van der Waals surface area contributed by atoms with Crippen LogP contribution in [0.3, 0.4) is 0 Å². The van der Waals surface area contributed by atoms with Gasteiger partial charge in [-0.1, -0.05) is 43.2 Å². The van der Waals surface area contributed by atoms with Crippen LogP contribution in [0.25, 0.3) is 0 Å². The first-order valence-corrected chi connectivity index (χ1v) is 7.44. The molecular formula is C18H17F2NO. The molecule has 0 unspecified atom stereocenters. The number of hydrogen-bond acceptors (Lipinski definition) is 1. The number of nitrogens with one attached hydrogen (secondary N) is 1. The summed E-state index contributed by atoms with van der Waals surface area (Å²) in [5.74, 6) is -2.03. The lowest BCUT2D eigenvalue weighted by atomic mass is 9.78. The average molecular weight is 301 g/mol. The third kappa shape index (κ3) is 2.61. The Kier molecular flexibility index (Phi) is 3.92. The van der Waals surface area contributed by atoms with E-state index >= 15 is 0 Å². The molecular weight excluding hydrogens is 284 g/mol. The average Bonchev–Trinajstić information content (AvgIpc) is 3.03. The van der Waals surface area contributed by atoms with E-state index in [2.05, 4.69) is 5.32 Å². The van der Waals surface area contributed by atoms with Crippen molar-refractivity contribution in [2.45, 2.75) is 31.1 Å². The summed E-state index contributed by atoms with van der Waals surface area (Å²) >= 11 is 0. The Bertz CT molecular complexity index is 679. The van der Waals surface area contributed by atoms with Gasteiger partial charge in [0.05, 0.1) is 5.41 Å². The number of benzene rings is 2. The quantitative estimate of drug-likeness (QED) is 0.893. The minimum absolute atomic E-state index is 0.151. The van der Waals surface area contributed by atoms with Crippen LogP contribution in [0, 0.1) is 11.6 Å². The molecule has 1 aliphatic carbocycles. The molecule has 22 heavy (non-hydrogen) atoms. The van der Waals surface area contributed by atoms with Crippen molar-refractivity contribution in [1.29, 1.82) is 0 Å². The lowest BCUT2D eigenvalue weighted by Crippen LogP contribution is -2.38. The number of halogens is 2. The van der Waals surface area contributed by atoms with Crippen LogP contribution in [0.1, 0.15) is 31.2 Å². The van der Waals surface area contributed by atoms with Gasteiger partial charge in [0, 0.05) is 11.8 Å². The monoisotopic (exact) mass is 301 g/mol. The van der Waals surface area contributed by atoms with Crippen LogP contribution >= 0.6 is 0 Å². The first-order valence-electron chi connectivity index (χ1n) is 7.44. The van der Waals surface area contributed by atoms with E-state index in [0.29, 0.717) is 0 Å². The molecule has 2 nitrogen and oxygen atoms in total. The number of carbonyl (C=O) groups excluding carboxylic acids is 1. The molecule has 2 aromatic rings. The summed E-state index contributed by atoms with van der Waals surface area (Å²) in [5.41, 5.74) is 0.685. The van der Waals surface area contributed by atoms with Crippen LogP contribution in [0.2, 0.25) is 0 Å². The van der Waals surface area contributed by atoms with Crippen molar-refractivity contribution in [3.8, 4) is 0 Å². The molecule has 1 saturated carbocycles. The van der Waals surface area contributed by atoms with E-state index in [1.54, 1.807) is 0 Å². The van der Waals surface area contributed by atoms with Crippen LogP contribution in [-0.4, -0.2) is 5.91 Å². The Morgan fingerprint density at radius 1 is 0.955 bits per heavy atom. The number of carbonyl (C=O) groups is 1. The second kappa shape index (κ2) is 5.87. The van der Waals surface area contributed by atoms with E-state index in [1.807, 2.05) is 30.3 Å². The molecule has 0 aliphatic heterocycles. The molecule has 0 bridgehead atoms. The van der Waals surface area contributed by atoms with Crippen molar-refractivity contribution in [2.24, 2.45) is 0 Å². The highest BCUT2D eigenvalue weighted by atomic mass is 19.2. The van der Waals surface area contributed by atoms with E-state index < -0.39 is 17.0 Å². The lowest BCUT2D eigenvalue weighted by molar-refractivity contribution is -0.121. The van der Waals surface area contributed by atoms with Gasteiger partial charge in [-0.2, -0.15) is 0 Å². The molecule has 1 aliphatic rings. The van der Waals surface area contributed by atoms with Gasteiger partial charge in [0.25, 0.3) is 0 Å². The van der Waals surface area contributed by atoms with Gasteiger partial charge in [0.15, 0.2) is 11.6 Å². The fourth-order valence-corrected chi connectivity index (χ4v) is 3.21. The van der Waals surface area contributed by atoms with E-state index in [0.717, 1.165) is 43.4 Å². The maximum atomic E-state index is 13.3. The number of rotatable bonds is 3. The van der Waals surface area contributed by atoms with Crippen molar-refractivity contribution in [3.05, 3.63) is 65.7 Å². The second-order valence-corrected chi connectivity index (χ2v) is 5.74. The van der Waals surface area contributed by atoms with Gasteiger partial charge in [0.2, 0.25) is 5.91 Å². The highest BCUT2D eigenvalue weighted by Crippen LogP contribution is 2.42. The molecule has 0 saturated heterocycles. The largest absolute Gasteiger partial charge is 0.325 e. The zero-order chi connectivity index (χ0) is 15.6.